The van der Waals surface area contributed by atoms with Gasteiger partial charge in [0.1, 0.15) is 0 Å². The van der Waals surface area contributed by atoms with Crippen molar-refractivity contribution < 1.29 is 9.47 Å². The van der Waals surface area contributed by atoms with Gasteiger partial charge in [-0.15, -0.1) is 0 Å². The van der Waals surface area contributed by atoms with E-state index in [1.807, 2.05) is 0 Å². The summed E-state index contributed by atoms with van der Waals surface area (Å²) in [5.74, 6) is 1.62. The van der Waals surface area contributed by atoms with Crippen LogP contribution in [0.25, 0.3) is 0 Å². The van der Waals surface area contributed by atoms with E-state index in [4.69, 9.17) is 9.47 Å². The Morgan fingerprint density at radius 1 is 0.875 bits per heavy atom. The molecule has 1 aliphatic carbocycles. The number of ether oxygens (including phenoxy) is 2. The fraction of sp³-hybridized carbons (Fsp3) is 0.714. The van der Waals surface area contributed by atoms with Crippen LogP contribution in [-0.4, -0.2) is 13.2 Å². The first-order chi connectivity index (χ1) is 7.88. The van der Waals surface area contributed by atoms with E-state index < -0.39 is 0 Å². The maximum absolute atomic E-state index is 5.23. The summed E-state index contributed by atoms with van der Waals surface area (Å²) in [6, 6.07) is 0. The molecule has 0 spiro atoms. The SMILES string of the molecule is C=COCCC1CCCCC1CCOC=C. The summed E-state index contributed by atoms with van der Waals surface area (Å²) >= 11 is 0. The molecule has 2 unspecified atom stereocenters. The smallest absolute Gasteiger partial charge is 0.0875 e. The van der Waals surface area contributed by atoms with Crippen molar-refractivity contribution >= 4 is 0 Å². The number of rotatable bonds is 8. The van der Waals surface area contributed by atoms with Gasteiger partial charge in [0.15, 0.2) is 0 Å². The second-order valence-electron chi connectivity index (χ2n) is 4.46. The van der Waals surface area contributed by atoms with E-state index in [1.54, 1.807) is 12.5 Å². The molecule has 1 saturated carbocycles. The van der Waals surface area contributed by atoms with Gasteiger partial charge in [-0.25, -0.2) is 0 Å². The molecule has 0 heterocycles. The molecule has 0 aliphatic heterocycles. The minimum Gasteiger partial charge on any atom is -0.502 e. The molecule has 0 aromatic rings. The van der Waals surface area contributed by atoms with Crippen LogP contribution in [0.15, 0.2) is 25.7 Å². The average Bonchev–Trinajstić information content (AvgIpc) is 2.32. The van der Waals surface area contributed by atoms with Gasteiger partial charge in [-0.3, -0.25) is 0 Å². The Hall–Kier alpha value is -0.920. The minimum atomic E-state index is 0.808. The highest BCUT2D eigenvalue weighted by Crippen LogP contribution is 2.34. The molecule has 2 nitrogen and oxygen atoms in total. The van der Waals surface area contributed by atoms with Crippen LogP contribution in [0, 0.1) is 11.8 Å². The fourth-order valence-corrected chi connectivity index (χ4v) is 2.65. The normalized spacial score (nSPS) is 24.8. The molecule has 0 aromatic heterocycles. The van der Waals surface area contributed by atoms with Crippen LogP contribution < -0.4 is 0 Å². The maximum atomic E-state index is 5.23. The number of hydrogen-bond donors (Lipinski definition) is 0. The second kappa shape index (κ2) is 8.26. The molecule has 0 N–H and O–H groups in total. The third kappa shape index (κ3) is 4.73. The standard InChI is InChI=1S/C14H24O2/c1-3-15-11-9-13-7-5-6-8-14(13)10-12-16-4-2/h3-4,13-14H,1-2,5-12H2. The summed E-state index contributed by atoms with van der Waals surface area (Å²) in [4.78, 5) is 0. The van der Waals surface area contributed by atoms with E-state index in [0.29, 0.717) is 0 Å². The van der Waals surface area contributed by atoms with E-state index in [1.165, 1.54) is 25.7 Å². The molecule has 0 amide bonds. The summed E-state index contributed by atoms with van der Waals surface area (Å²) in [6.45, 7) is 8.76. The predicted molar refractivity (Wildman–Crippen MR) is 67.0 cm³/mol. The summed E-state index contributed by atoms with van der Waals surface area (Å²) < 4.78 is 10.5. The van der Waals surface area contributed by atoms with E-state index in [9.17, 15) is 0 Å². The van der Waals surface area contributed by atoms with Gasteiger partial charge in [0.2, 0.25) is 0 Å². The largest absolute Gasteiger partial charge is 0.502 e. The topological polar surface area (TPSA) is 18.5 Å². The Morgan fingerprint density at radius 3 is 1.69 bits per heavy atom. The zero-order valence-electron chi connectivity index (χ0n) is 10.2. The molecular weight excluding hydrogens is 200 g/mol. The van der Waals surface area contributed by atoms with E-state index in [2.05, 4.69) is 13.2 Å². The van der Waals surface area contributed by atoms with Gasteiger partial charge in [0.05, 0.1) is 25.7 Å². The lowest BCUT2D eigenvalue weighted by molar-refractivity contribution is 0.132. The summed E-state index contributed by atoms with van der Waals surface area (Å²) in [7, 11) is 0. The monoisotopic (exact) mass is 224 g/mol. The average molecular weight is 224 g/mol. The highest BCUT2D eigenvalue weighted by molar-refractivity contribution is 4.76. The van der Waals surface area contributed by atoms with Crippen LogP contribution in [0.4, 0.5) is 0 Å². The fourth-order valence-electron chi connectivity index (χ4n) is 2.65. The van der Waals surface area contributed by atoms with Crippen LogP contribution in [0.3, 0.4) is 0 Å². The summed E-state index contributed by atoms with van der Waals surface area (Å²) in [5, 5.41) is 0. The first-order valence-corrected chi connectivity index (χ1v) is 6.33. The van der Waals surface area contributed by atoms with E-state index in [-0.39, 0.29) is 0 Å². The van der Waals surface area contributed by atoms with Crippen molar-refractivity contribution in [3.63, 3.8) is 0 Å². The van der Waals surface area contributed by atoms with Crippen molar-refractivity contribution in [3.8, 4) is 0 Å². The first kappa shape index (κ1) is 13.1. The van der Waals surface area contributed by atoms with Crippen molar-refractivity contribution in [1.82, 2.24) is 0 Å². The Bertz CT molecular complexity index is 179. The molecule has 2 atom stereocenters. The van der Waals surface area contributed by atoms with E-state index >= 15 is 0 Å². The summed E-state index contributed by atoms with van der Waals surface area (Å²) in [6.07, 6.45) is 10.8. The molecular formula is C14H24O2. The van der Waals surface area contributed by atoms with Gasteiger partial charge < -0.3 is 9.47 Å². The third-order valence-corrected chi connectivity index (χ3v) is 3.52. The molecule has 1 fully saturated rings. The van der Waals surface area contributed by atoms with E-state index in [0.717, 1.165) is 37.9 Å². The summed E-state index contributed by atoms with van der Waals surface area (Å²) in [5.41, 5.74) is 0. The van der Waals surface area contributed by atoms with Crippen LogP contribution in [0.1, 0.15) is 38.5 Å². The van der Waals surface area contributed by atoms with Gasteiger partial charge in [-0.1, -0.05) is 38.8 Å². The third-order valence-electron chi connectivity index (χ3n) is 3.52. The highest BCUT2D eigenvalue weighted by atomic mass is 16.5. The predicted octanol–water partition coefficient (Wildman–Crippen LogP) is 3.89. The van der Waals surface area contributed by atoms with Crippen LogP contribution >= 0.6 is 0 Å². The second-order valence-corrected chi connectivity index (χ2v) is 4.46. The molecule has 92 valence electrons. The zero-order chi connectivity index (χ0) is 11.6. The van der Waals surface area contributed by atoms with Crippen molar-refractivity contribution in [2.75, 3.05) is 13.2 Å². The Morgan fingerprint density at radius 2 is 1.31 bits per heavy atom. The Balaban J connectivity index is 2.25. The molecule has 0 aromatic carbocycles. The molecule has 1 rings (SSSR count). The van der Waals surface area contributed by atoms with Crippen molar-refractivity contribution in [1.29, 1.82) is 0 Å². The molecule has 1 aliphatic rings. The van der Waals surface area contributed by atoms with Crippen molar-refractivity contribution in [2.45, 2.75) is 38.5 Å². The lowest BCUT2D eigenvalue weighted by atomic mass is 9.76. The van der Waals surface area contributed by atoms with Gasteiger partial charge in [-0.05, 0) is 24.7 Å². The van der Waals surface area contributed by atoms with Gasteiger partial charge in [0.25, 0.3) is 0 Å². The first-order valence-electron chi connectivity index (χ1n) is 6.33. The molecule has 0 radical (unpaired) electrons. The van der Waals surface area contributed by atoms with Gasteiger partial charge >= 0.3 is 0 Å². The van der Waals surface area contributed by atoms with Crippen molar-refractivity contribution in [3.05, 3.63) is 25.7 Å². The highest BCUT2D eigenvalue weighted by Gasteiger charge is 2.24. The quantitative estimate of drug-likeness (QED) is 0.460. The van der Waals surface area contributed by atoms with Crippen molar-refractivity contribution in [2.24, 2.45) is 11.8 Å². The minimum absolute atomic E-state index is 0.808. The van der Waals surface area contributed by atoms with Crippen LogP contribution in [0.2, 0.25) is 0 Å². The lowest BCUT2D eigenvalue weighted by Gasteiger charge is -2.31. The Kier molecular flexibility index (Phi) is 6.78. The van der Waals surface area contributed by atoms with Crippen LogP contribution in [-0.2, 0) is 9.47 Å². The molecule has 0 bridgehead atoms. The van der Waals surface area contributed by atoms with Crippen LogP contribution in [0.5, 0.6) is 0 Å². The zero-order valence-corrected chi connectivity index (χ0v) is 10.2. The lowest BCUT2D eigenvalue weighted by Crippen LogP contribution is -2.22. The van der Waals surface area contributed by atoms with Gasteiger partial charge in [-0.2, -0.15) is 0 Å². The van der Waals surface area contributed by atoms with Gasteiger partial charge in [0, 0.05) is 0 Å². The Labute approximate surface area is 99.3 Å². The molecule has 2 heteroatoms. The maximum Gasteiger partial charge on any atom is 0.0875 e. The number of hydrogen-bond acceptors (Lipinski definition) is 2. The molecule has 16 heavy (non-hydrogen) atoms. The molecule has 0 saturated heterocycles.